The quantitative estimate of drug-likeness (QED) is 0.758. The molecule has 2 aliphatic heterocycles. The second-order valence-corrected chi connectivity index (χ2v) is 6.95. The van der Waals surface area contributed by atoms with Gasteiger partial charge in [-0.1, -0.05) is 12.1 Å². The molecule has 7 nitrogen and oxygen atoms in total. The van der Waals surface area contributed by atoms with Gasteiger partial charge in [-0.3, -0.25) is 10.00 Å². The number of aromatic nitrogens is 3. The average molecular weight is 379 g/mol. The van der Waals surface area contributed by atoms with Crippen molar-refractivity contribution in [3.63, 3.8) is 0 Å². The first-order valence-corrected chi connectivity index (χ1v) is 9.08. The number of ether oxygens (including phenoxy) is 1. The molecule has 28 heavy (non-hydrogen) atoms. The van der Waals surface area contributed by atoms with Gasteiger partial charge < -0.3 is 9.64 Å². The average Bonchev–Trinajstić information content (AvgIpc) is 3.32. The van der Waals surface area contributed by atoms with Crippen LogP contribution in [0.4, 0.5) is 15.0 Å². The number of H-pyrrole nitrogens is 1. The molecule has 2 amide bonds. The first-order valence-electron chi connectivity index (χ1n) is 9.08. The van der Waals surface area contributed by atoms with Crippen molar-refractivity contribution in [3.05, 3.63) is 59.2 Å². The molecule has 0 bridgehead atoms. The summed E-state index contributed by atoms with van der Waals surface area (Å²) in [5.41, 5.74) is 4.12. The zero-order chi connectivity index (χ0) is 19.3. The summed E-state index contributed by atoms with van der Waals surface area (Å²) in [7, 11) is 0. The second-order valence-electron chi connectivity index (χ2n) is 6.95. The van der Waals surface area contributed by atoms with Crippen molar-refractivity contribution in [3.8, 4) is 17.0 Å². The maximum absolute atomic E-state index is 13.8. The Morgan fingerprint density at radius 3 is 3.00 bits per heavy atom. The molecule has 2 aromatic heterocycles. The van der Waals surface area contributed by atoms with Crippen LogP contribution in [0.15, 0.2) is 36.5 Å². The van der Waals surface area contributed by atoms with Crippen molar-refractivity contribution in [2.75, 3.05) is 18.0 Å². The number of anilines is 1. The maximum Gasteiger partial charge on any atom is 0.326 e. The number of rotatable bonds is 3. The summed E-state index contributed by atoms with van der Waals surface area (Å²) >= 11 is 0. The Bertz CT molecular complexity index is 1080. The van der Waals surface area contributed by atoms with E-state index in [9.17, 15) is 9.18 Å². The third-order valence-electron chi connectivity index (χ3n) is 5.32. The van der Waals surface area contributed by atoms with Gasteiger partial charge in [-0.15, -0.1) is 0 Å². The Morgan fingerprint density at radius 1 is 1.21 bits per heavy atom. The summed E-state index contributed by atoms with van der Waals surface area (Å²) < 4.78 is 19.5. The van der Waals surface area contributed by atoms with Gasteiger partial charge in [0.15, 0.2) is 0 Å². The van der Waals surface area contributed by atoms with Crippen molar-refractivity contribution < 1.29 is 13.9 Å². The lowest BCUT2D eigenvalue weighted by molar-refractivity contribution is 0.218. The van der Waals surface area contributed by atoms with Crippen LogP contribution in [-0.2, 0) is 13.2 Å². The molecule has 0 spiro atoms. The lowest BCUT2D eigenvalue weighted by atomic mass is 10.1. The molecule has 1 aromatic carbocycles. The topological polar surface area (TPSA) is 74.3 Å². The number of benzene rings is 1. The van der Waals surface area contributed by atoms with Crippen molar-refractivity contribution in [2.24, 2.45) is 0 Å². The van der Waals surface area contributed by atoms with Crippen molar-refractivity contribution in [1.29, 1.82) is 0 Å². The molecule has 0 unspecified atom stereocenters. The highest BCUT2D eigenvalue weighted by Crippen LogP contribution is 2.37. The normalized spacial score (nSPS) is 15.4. The monoisotopic (exact) mass is 379 g/mol. The number of carbonyl (C=O) groups excluding carboxylic acids is 1. The zero-order valence-corrected chi connectivity index (χ0v) is 15.3. The predicted molar refractivity (Wildman–Crippen MR) is 100 cm³/mol. The molecule has 1 N–H and O–H groups in total. The Morgan fingerprint density at radius 2 is 2.11 bits per heavy atom. The van der Waals surface area contributed by atoms with E-state index in [1.165, 1.54) is 6.07 Å². The fourth-order valence-corrected chi connectivity index (χ4v) is 3.66. The van der Waals surface area contributed by atoms with Crippen LogP contribution < -0.4 is 9.64 Å². The Labute approximate surface area is 160 Å². The number of aromatic amines is 1. The fraction of sp³-hybridized carbons (Fsp3) is 0.250. The number of nitrogens with one attached hydrogen (secondary N) is 1. The minimum atomic E-state index is -0.256. The zero-order valence-electron chi connectivity index (χ0n) is 15.3. The Balaban J connectivity index is 1.38. The van der Waals surface area contributed by atoms with Crippen molar-refractivity contribution in [2.45, 2.75) is 20.1 Å². The minimum Gasteiger partial charge on any atom is -0.471 e. The molecule has 0 saturated carbocycles. The number of halogens is 1. The summed E-state index contributed by atoms with van der Waals surface area (Å²) in [4.78, 5) is 20.8. The third kappa shape index (κ3) is 2.60. The smallest absolute Gasteiger partial charge is 0.326 e. The first kappa shape index (κ1) is 16.7. The predicted octanol–water partition coefficient (Wildman–Crippen LogP) is 3.25. The number of urea groups is 1. The Hall–Kier alpha value is -3.42. The van der Waals surface area contributed by atoms with Gasteiger partial charge in [0, 0.05) is 30.8 Å². The molecule has 0 atom stereocenters. The number of hydrogen-bond donors (Lipinski definition) is 1. The molecular weight excluding hydrogens is 361 g/mol. The van der Waals surface area contributed by atoms with Crippen LogP contribution in [0.25, 0.3) is 11.1 Å². The highest BCUT2D eigenvalue weighted by molar-refractivity contribution is 5.93. The molecule has 2 aliphatic rings. The summed E-state index contributed by atoms with van der Waals surface area (Å²) in [6.45, 7) is 3.56. The van der Waals surface area contributed by atoms with Crippen LogP contribution in [0.5, 0.6) is 5.88 Å². The van der Waals surface area contributed by atoms with E-state index >= 15 is 0 Å². The fourth-order valence-electron chi connectivity index (χ4n) is 3.66. The van der Waals surface area contributed by atoms with E-state index in [2.05, 4.69) is 15.2 Å². The molecular formula is C20H18FN5O2. The van der Waals surface area contributed by atoms with Crippen LogP contribution in [0.3, 0.4) is 0 Å². The van der Waals surface area contributed by atoms with Gasteiger partial charge in [0.05, 0.1) is 11.9 Å². The van der Waals surface area contributed by atoms with E-state index in [0.717, 1.165) is 22.4 Å². The van der Waals surface area contributed by atoms with Crippen LogP contribution in [0.1, 0.15) is 16.8 Å². The van der Waals surface area contributed by atoms with Crippen molar-refractivity contribution >= 4 is 11.8 Å². The summed E-state index contributed by atoms with van der Waals surface area (Å²) in [6.07, 6.45) is 1.75. The molecule has 4 heterocycles. The molecule has 3 aromatic rings. The van der Waals surface area contributed by atoms with E-state index in [0.29, 0.717) is 43.5 Å². The highest BCUT2D eigenvalue weighted by Gasteiger charge is 2.32. The molecule has 0 radical (unpaired) electrons. The molecule has 0 aliphatic carbocycles. The number of pyridine rings is 1. The molecule has 142 valence electrons. The number of amides is 2. The van der Waals surface area contributed by atoms with Crippen molar-refractivity contribution in [1.82, 2.24) is 20.1 Å². The largest absolute Gasteiger partial charge is 0.471 e. The Kier molecular flexibility index (Phi) is 3.78. The third-order valence-corrected chi connectivity index (χ3v) is 5.32. The molecule has 5 rings (SSSR count). The van der Waals surface area contributed by atoms with E-state index in [-0.39, 0.29) is 11.8 Å². The highest BCUT2D eigenvalue weighted by atomic mass is 19.1. The van der Waals surface area contributed by atoms with Gasteiger partial charge in [-0.2, -0.15) is 10.1 Å². The summed E-state index contributed by atoms with van der Waals surface area (Å²) in [5, 5.41) is 6.96. The second kappa shape index (κ2) is 6.33. The van der Waals surface area contributed by atoms with Gasteiger partial charge in [0.1, 0.15) is 18.2 Å². The van der Waals surface area contributed by atoms with Gasteiger partial charge in [-0.25, -0.2) is 9.18 Å². The summed E-state index contributed by atoms with van der Waals surface area (Å²) in [5.74, 6) is 0.793. The van der Waals surface area contributed by atoms with Gasteiger partial charge in [0.2, 0.25) is 5.88 Å². The van der Waals surface area contributed by atoms with Gasteiger partial charge >= 0.3 is 6.03 Å². The number of hydrogen-bond acceptors (Lipinski definition) is 4. The van der Waals surface area contributed by atoms with Crippen LogP contribution in [0, 0.1) is 12.7 Å². The van der Waals surface area contributed by atoms with E-state index in [4.69, 9.17) is 4.74 Å². The molecule has 8 heteroatoms. The van der Waals surface area contributed by atoms with E-state index in [1.54, 1.807) is 29.0 Å². The summed E-state index contributed by atoms with van der Waals surface area (Å²) in [6, 6.07) is 8.52. The number of fused-ring (bicyclic) bond motifs is 3. The van der Waals surface area contributed by atoms with Crippen LogP contribution >= 0.6 is 0 Å². The molecule has 1 fully saturated rings. The maximum atomic E-state index is 13.8. The standard InChI is InChI=1S/C20H18FN5O2/c1-12-13(3-2-4-16(12)21)10-25-7-8-26(20(25)27)18-6-5-14-15-9-22-24-17(15)11-28-19(14)23-18/h2-6,9H,7-8,10-11H2,1H3,(H,22,24). The lowest BCUT2D eigenvalue weighted by Gasteiger charge is -2.21. The van der Waals surface area contributed by atoms with Crippen LogP contribution in [0.2, 0.25) is 0 Å². The van der Waals surface area contributed by atoms with Gasteiger partial charge in [0.25, 0.3) is 0 Å². The lowest BCUT2D eigenvalue weighted by Crippen LogP contribution is -2.32. The number of nitrogens with zero attached hydrogens (tertiary/aromatic N) is 4. The minimum absolute atomic E-state index is 0.143. The van der Waals surface area contributed by atoms with Gasteiger partial charge in [-0.05, 0) is 36.2 Å². The van der Waals surface area contributed by atoms with E-state index in [1.807, 2.05) is 18.2 Å². The number of carbonyl (C=O) groups is 1. The molecule has 1 saturated heterocycles. The van der Waals surface area contributed by atoms with E-state index < -0.39 is 0 Å². The van der Waals surface area contributed by atoms with Crippen LogP contribution in [-0.4, -0.2) is 39.2 Å². The SMILES string of the molecule is Cc1c(F)cccc1CN1CCN(c2ccc3c(n2)OCc2[nH]ncc2-3)C1=O. The first-order chi connectivity index (χ1) is 13.6.